The highest BCUT2D eigenvalue weighted by molar-refractivity contribution is 7.12. The van der Waals surface area contributed by atoms with Crippen LogP contribution in [0.4, 0.5) is 4.39 Å². The van der Waals surface area contributed by atoms with Crippen molar-refractivity contribution in [3.8, 4) is 16.5 Å². The highest BCUT2D eigenvalue weighted by atomic mass is 35.5. The van der Waals surface area contributed by atoms with Gasteiger partial charge in [0, 0.05) is 23.8 Å². The molecule has 2 aliphatic rings. The molecular weight excluding hydrogens is 351 g/mol. The Labute approximate surface area is 145 Å². The second-order valence-electron chi connectivity index (χ2n) is 5.17. The number of pyridine rings is 2. The number of imidazole rings is 1. The maximum absolute atomic E-state index is 13.3. The highest BCUT2D eigenvalue weighted by Crippen LogP contribution is 2.25. The van der Waals surface area contributed by atoms with E-state index >= 15 is 0 Å². The minimum atomic E-state index is -0.430. The first-order valence-electron chi connectivity index (χ1n) is 7.04. The number of hydrogen-bond acceptors (Lipinski definition) is 4. The molecule has 0 aliphatic carbocycles. The Balaban J connectivity index is 1.78. The summed E-state index contributed by atoms with van der Waals surface area (Å²) in [6.45, 7) is 0.497. The van der Waals surface area contributed by atoms with Gasteiger partial charge in [0.25, 0.3) is 0 Å². The number of fused-ring (bicyclic) bond motifs is 1. The van der Waals surface area contributed by atoms with Gasteiger partial charge in [-0.25, -0.2) is 18.7 Å². The van der Waals surface area contributed by atoms with Gasteiger partial charge in [0.05, 0.1) is 12.2 Å². The lowest BCUT2D eigenvalue weighted by atomic mass is 10.2. The molecular formula is C16H10ClFN4OS. The summed E-state index contributed by atoms with van der Waals surface area (Å²) in [7, 11) is 0. The standard InChI is InChI=1S/C16H10ClFN4OS/c17-13-4-3-10(7-19-13)8-21-5-1-2-12-15(21)20-16(23)22(12)14-6-11(18)9-24-14/h1-7,9H,8H2. The van der Waals surface area contributed by atoms with E-state index in [4.69, 9.17) is 11.6 Å². The Kier molecular flexibility index (Phi) is 3.66. The lowest BCUT2D eigenvalue weighted by Crippen LogP contribution is -2.13. The van der Waals surface area contributed by atoms with Gasteiger partial charge in [0.15, 0.2) is 5.82 Å². The van der Waals surface area contributed by atoms with E-state index in [1.54, 1.807) is 18.3 Å². The Morgan fingerprint density at radius 2 is 2.17 bits per heavy atom. The molecule has 0 amide bonds. The molecule has 120 valence electrons. The Morgan fingerprint density at radius 3 is 2.88 bits per heavy atom. The fourth-order valence-electron chi connectivity index (χ4n) is 2.53. The minimum Gasteiger partial charge on any atom is -0.327 e. The van der Waals surface area contributed by atoms with Crippen LogP contribution in [0.2, 0.25) is 5.15 Å². The monoisotopic (exact) mass is 360 g/mol. The maximum Gasteiger partial charge on any atom is 0.355 e. The first-order chi connectivity index (χ1) is 11.6. The first kappa shape index (κ1) is 15.0. The molecule has 5 nitrogen and oxygen atoms in total. The van der Waals surface area contributed by atoms with Crippen molar-refractivity contribution in [2.24, 2.45) is 0 Å². The van der Waals surface area contributed by atoms with Gasteiger partial charge in [-0.1, -0.05) is 17.7 Å². The smallest absolute Gasteiger partial charge is 0.327 e. The molecule has 24 heavy (non-hydrogen) atoms. The molecule has 0 saturated carbocycles. The number of nitrogens with zero attached hydrogens (tertiary/aromatic N) is 4. The third-order valence-electron chi connectivity index (χ3n) is 3.57. The molecule has 0 spiro atoms. The third-order valence-corrected chi connectivity index (χ3v) is 4.68. The van der Waals surface area contributed by atoms with Crippen LogP contribution in [-0.2, 0) is 6.54 Å². The Bertz CT molecular complexity index is 1040. The van der Waals surface area contributed by atoms with Gasteiger partial charge in [-0.3, -0.25) is 0 Å². The summed E-state index contributed by atoms with van der Waals surface area (Å²) in [4.78, 5) is 20.5. The molecule has 4 heterocycles. The first-order valence-corrected chi connectivity index (χ1v) is 8.30. The van der Waals surface area contributed by atoms with Crippen molar-refractivity contribution in [3.63, 3.8) is 0 Å². The van der Waals surface area contributed by atoms with Crippen LogP contribution < -0.4 is 5.69 Å². The molecule has 0 fully saturated rings. The van der Waals surface area contributed by atoms with Crippen molar-refractivity contribution in [2.45, 2.75) is 6.54 Å². The highest BCUT2D eigenvalue weighted by Gasteiger charge is 2.19. The van der Waals surface area contributed by atoms with Crippen LogP contribution >= 0.6 is 22.9 Å². The molecule has 8 heteroatoms. The number of thiophene rings is 1. The summed E-state index contributed by atoms with van der Waals surface area (Å²) in [5.74, 6) is 0.165. The average molecular weight is 361 g/mol. The van der Waals surface area contributed by atoms with Crippen molar-refractivity contribution in [2.75, 3.05) is 0 Å². The van der Waals surface area contributed by atoms with Gasteiger partial charge in [0.1, 0.15) is 16.0 Å². The number of aromatic nitrogens is 4. The quantitative estimate of drug-likeness (QED) is 0.526. The summed E-state index contributed by atoms with van der Waals surface area (Å²) in [5.41, 5.74) is 1.13. The summed E-state index contributed by atoms with van der Waals surface area (Å²) < 4.78 is 16.6. The lowest BCUT2D eigenvalue weighted by Gasteiger charge is -2.12. The zero-order valence-corrected chi connectivity index (χ0v) is 13.8. The van der Waals surface area contributed by atoms with Gasteiger partial charge in [0.2, 0.25) is 0 Å². The van der Waals surface area contributed by atoms with Gasteiger partial charge in [-0.05, 0) is 23.8 Å². The molecule has 0 saturated heterocycles. The summed E-state index contributed by atoms with van der Waals surface area (Å²) in [5, 5.41) is 2.29. The molecule has 2 aromatic rings. The minimum absolute atomic E-state index is 0.368. The largest absolute Gasteiger partial charge is 0.355 e. The number of hydrogen-bond donors (Lipinski definition) is 0. The van der Waals surface area contributed by atoms with Crippen LogP contribution in [0.3, 0.4) is 0 Å². The number of halogens is 2. The van der Waals surface area contributed by atoms with Crippen molar-refractivity contribution in [3.05, 3.63) is 75.1 Å². The zero-order chi connectivity index (χ0) is 16.7. The topological polar surface area (TPSA) is 52.7 Å². The van der Waals surface area contributed by atoms with Crippen molar-refractivity contribution in [1.82, 2.24) is 19.1 Å². The molecule has 4 rings (SSSR count). The van der Waals surface area contributed by atoms with Crippen molar-refractivity contribution >= 4 is 22.9 Å². The molecule has 0 N–H and O–H groups in total. The van der Waals surface area contributed by atoms with Crippen LogP contribution in [-0.4, -0.2) is 19.1 Å². The van der Waals surface area contributed by atoms with E-state index < -0.39 is 5.69 Å². The molecule has 0 aromatic carbocycles. The van der Waals surface area contributed by atoms with Crippen molar-refractivity contribution in [1.29, 1.82) is 0 Å². The molecule has 0 unspecified atom stereocenters. The van der Waals surface area contributed by atoms with E-state index in [0.29, 0.717) is 28.2 Å². The van der Waals surface area contributed by atoms with E-state index in [1.165, 1.54) is 16.0 Å². The molecule has 0 radical (unpaired) electrons. The van der Waals surface area contributed by atoms with Gasteiger partial charge in [-0.15, -0.1) is 11.3 Å². The van der Waals surface area contributed by atoms with Gasteiger partial charge >= 0.3 is 5.69 Å². The second-order valence-corrected chi connectivity index (χ2v) is 6.44. The fourth-order valence-corrected chi connectivity index (χ4v) is 3.40. The predicted molar refractivity (Wildman–Crippen MR) is 90.6 cm³/mol. The van der Waals surface area contributed by atoms with E-state index in [9.17, 15) is 9.18 Å². The van der Waals surface area contributed by atoms with Crippen LogP contribution in [0.15, 0.2) is 52.9 Å². The maximum atomic E-state index is 13.3. The molecule has 2 aromatic heterocycles. The average Bonchev–Trinajstić information content (AvgIpc) is 3.12. The zero-order valence-electron chi connectivity index (χ0n) is 12.2. The van der Waals surface area contributed by atoms with Crippen LogP contribution in [0.25, 0.3) is 16.5 Å². The lowest BCUT2D eigenvalue weighted by molar-refractivity contribution is 0.632. The molecule has 2 aliphatic heterocycles. The van der Waals surface area contributed by atoms with E-state index in [0.717, 1.165) is 16.9 Å². The van der Waals surface area contributed by atoms with E-state index in [2.05, 4.69) is 9.97 Å². The SMILES string of the molecule is O=c1nc2n(Cc3ccc(Cl)nc3)cccc-2n1-c1cc(F)cs1. The Morgan fingerprint density at radius 1 is 1.29 bits per heavy atom. The van der Waals surface area contributed by atoms with Crippen LogP contribution in [0, 0.1) is 5.82 Å². The Hall–Kier alpha value is -2.51. The summed E-state index contributed by atoms with van der Waals surface area (Å²) >= 11 is 6.96. The number of rotatable bonds is 3. The molecule has 0 atom stereocenters. The van der Waals surface area contributed by atoms with Gasteiger partial charge in [-0.2, -0.15) is 4.98 Å². The van der Waals surface area contributed by atoms with E-state index in [-0.39, 0.29) is 5.82 Å². The summed E-state index contributed by atoms with van der Waals surface area (Å²) in [6.07, 6.45) is 3.51. The van der Waals surface area contributed by atoms with E-state index in [1.807, 2.05) is 22.9 Å². The van der Waals surface area contributed by atoms with Crippen LogP contribution in [0.1, 0.15) is 5.56 Å². The fraction of sp³-hybridized carbons (Fsp3) is 0.0625. The third kappa shape index (κ3) is 2.61. The predicted octanol–water partition coefficient (Wildman–Crippen LogP) is 3.44. The van der Waals surface area contributed by atoms with Gasteiger partial charge < -0.3 is 4.57 Å². The second kappa shape index (κ2) is 5.85. The summed E-state index contributed by atoms with van der Waals surface area (Å²) in [6, 6.07) is 8.52. The van der Waals surface area contributed by atoms with Crippen LogP contribution in [0.5, 0.6) is 0 Å². The van der Waals surface area contributed by atoms with Crippen molar-refractivity contribution < 1.29 is 4.39 Å². The molecule has 0 bridgehead atoms. The normalized spacial score (nSPS) is 11.2.